The molecule has 23 heavy (non-hydrogen) atoms. The van der Waals surface area contributed by atoms with Gasteiger partial charge in [-0.1, -0.05) is 32.4 Å². The van der Waals surface area contributed by atoms with Gasteiger partial charge in [0.25, 0.3) is 0 Å². The van der Waals surface area contributed by atoms with Gasteiger partial charge < -0.3 is 4.74 Å². The van der Waals surface area contributed by atoms with E-state index in [1.165, 1.54) is 12.1 Å². The monoisotopic (exact) mass is 361 g/mol. The maximum Gasteiger partial charge on any atom is 0.241 e. The number of benzene rings is 1. The minimum Gasteiger partial charge on any atom is -0.381 e. The minimum absolute atomic E-state index is 0.145. The fourth-order valence-corrected chi connectivity index (χ4v) is 3.65. The summed E-state index contributed by atoms with van der Waals surface area (Å²) in [4.78, 5) is 0.221. The molecule has 0 atom stereocenters. The fourth-order valence-electron chi connectivity index (χ4n) is 2.08. The second-order valence-electron chi connectivity index (χ2n) is 7.66. The third kappa shape index (κ3) is 8.15. The lowest BCUT2D eigenvalue weighted by Crippen LogP contribution is -2.43. The largest absolute Gasteiger partial charge is 0.381 e. The highest BCUT2D eigenvalue weighted by molar-refractivity contribution is 7.89. The molecule has 1 rings (SSSR count). The lowest BCUT2D eigenvalue weighted by molar-refractivity contribution is 0.0664. The summed E-state index contributed by atoms with van der Waals surface area (Å²) in [5, 5.41) is 0.513. The van der Waals surface area contributed by atoms with Crippen LogP contribution in [-0.4, -0.2) is 27.2 Å². The minimum atomic E-state index is -3.55. The van der Waals surface area contributed by atoms with Gasteiger partial charge in [-0.15, -0.1) is 0 Å². The van der Waals surface area contributed by atoms with Crippen LogP contribution in [0.1, 0.15) is 47.5 Å². The molecule has 0 saturated heterocycles. The van der Waals surface area contributed by atoms with Gasteiger partial charge in [0.2, 0.25) is 10.0 Å². The first-order valence-corrected chi connectivity index (χ1v) is 9.65. The van der Waals surface area contributed by atoms with E-state index in [0.29, 0.717) is 24.7 Å². The Bertz CT molecular complexity index is 589. The molecule has 1 aromatic carbocycles. The van der Waals surface area contributed by atoms with Crippen molar-refractivity contribution in [3.05, 3.63) is 29.3 Å². The van der Waals surface area contributed by atoms with Gasteiger partial charge in [-0.05, 0) is 56.4 Å². The van der Waals surface area contributed by atoms with E-state index >= 15 is 0 Å². The van der Waals surface area contributed by atoms with Gasteiger partial charge in [-0.2, -0.15) is 0 Å². The molecule has 0 aromatic heterocycles. The smallest absolute Gasteiger partial charge is 0.241 e. The molecule has 0 aliphatic carbocycles. The molecule has 132 valence electrons. The topological polar surface area (TPSA) is 55.4 Å². The van der Waals surface area contributed by atoms with Crippen molar-refractivity contribution in [3.8, 4) is 0 Å². The summed E-state index contributed by atoms with van der Waals surface area (Å²) >= 11 is 5.80. The van der Waals surface area contributed by atoms with E-state index in [2.05, 4.69) is 25.5 Å². The first-order chi connectivity index (χ1) is 10.4. The van der Waals surface area contributed by atoms with Crippen LogP contribution >= 0.6 is 11.6 Å². The summed E-state index contributed by atoms with van der Waals surface area (Å²) in [6.45, 7) is 11.5. The van der Waals surface area contributed by atoms with Crippen LogP contribution in [-0.2, 0) is 14.8 Å². The molecule has 0 radical (unpaired) electrons. The van der Waals surface area contributed by atoms with Gasteiger partial charge in [0, 0.05) is 17.2 Å². The number of nitrogens with one attached hydrogen (secondary N) is 1. The predicted octanol–water partition coefficient (Wildman–Crippen LogP) is 4.24. The summed E-state index contributed by atoms with van der Waals surface area (Å²) in [6, 6.07) is 6.16. The Hall–Kier alpha value is -0.620. The number of ether oxygens (including phenoxy) is 1. The van der Waals surface area contributed by atoms with Crippen LogP contribution in [0.4, 0.5) is 0 Å². The summed E-state index contributed by atoms with van der Waals surface area (Å²) in [5.41, 5.74) is -0.394. The number of rotatable bonds is 8. The molecule has 1 N–H and O–H groups in total. The highest BCUT2D eigenvalue weighted by Crippen LogP contribution is 2.19. The molecule has 0 amide bonds. The Morgan fingerprint density at radius 1 is 1.09 bits per heavy atom. The average molecular weight is 362 g/mol. The highest BCUT2D eigenvalue weighted by atomic mass is 35.5. The predicted molar refractivity (Wildman–Crippen MR) is 95.4 cm³/mol. The Kier molecular flexibility index (Phi) is 7.08. The zero-order valence-electron chi connectivity index (χ0n) is 14.6. The fraction of sp³-hybridized carbons (Fsp3) is 0.647. The van der Waals surface area contributed by atoms with Crippen molar-refractivity contribution in [2.75, 3.05) is 13.2 Å². The normalized spacial score (nSPS) is 13.3. The van der Waals surface area contributed by atoms with Gasteiger partial charge >= 0.3 is 0 Å². The molecular formula is C17H28ClNO3S. The van der Waals surface area contributed by atoms with Gasteiger partial charge in [0.05, 0.1) is 11.5 Å². The van der Waals surface area contributed by atoms with E-state index in [0.717, 1.165) is 6.42 Å². The number of sulfonamides is 1. The van der Waals surface area contributed by atoms with Crippen LogP contribution in [0.25, 0.3) is 0 Å². The van der Waals surface area contributed by atoms with Crippen LogP contribution in [0.15, 0.2) is 29.2 Å². The van der Waals surface area contributed by atoms with Gasteiger partial charge in [-0.3, -0.25) is 0 Å². The van der Waals surface area contributed by atoms with Crippen molar-refractivity contribution in [1.82, 2.24) is 4.72 Å². The van der Waals surface area contributed by atoms with Crippen LogP contribution in [0.3, 0.4) is 0 Å². The van der Waals surface area contributed by atoms with E-state index in [9.17, 15) is 8.42 Å². The molecule has 0 fully saturated rings. The van der Waals surface area contributed by atoms with Gasteiger partial charge in [0.1, 0.15) is 0 Å². The van der Waals surface area contributed by atoms with Crippen LogP contribution in [0.2, 0.25) is 5.02 Å². The van der Waals surface area contributed by atoms with E-state index in [-0.39, 0.29) is 10.3 Å². The molecule has 0 aliphatic heterocycles. The molecule has 0 aliphatic rings. The molecule has 0 unspecified atom stereocenters. The molecule has 0 spiro atoms. The van der Waals surface area contributed by atoms with Crippen LogP contribution < -0.4 is 4.72 Å². The van der Waals surface area contributed by atoms with Crippen molar-refractivity contribution < 1.29 is 13.2 Å². The molecule has 4 nitrogen and oxygen atoms in total. The Labute approximate surface area is 145 Å². The summed E-state index contributed by atoms with van der Waals surface area (Å²) in [5.74, 6) is 0. The van der Waals surface area contributed by atoms with Crippen LogP contribution in [0.5, 0.6) is 0 Å². The summed E-state index contributed by atoms with van der Waals surface area (Å²) in [7, 11) is -3.55. The second kappa shape index (κ2) is 7.97. The van der Waals surface area contributed by atoms with Gasteiger partial charge in [-0.25, -0.2) is 13.1 Å². The quantitative estimate of drug-likeness (QED) is 0.704. The van der Waals surface area contributed by atoms with Crippen molar-refractivity contribution in [3.63, 3.8) is 0 Å². The Balaban J connectivity index is 2.52. The molecule has 1 aromatic rings. The van der Waals surface area contributed by atoms with E-state index in [1.807, 2.05) is 13.8 Å². The maximum atomic E-state index is 12.4. The molecule has 0 heterocycles. The standard InChI is InChI=1S/C17H28ClNO3S/c1-16(2,3)13-22-12-6-11-17(4,5)19-23(20,21)15-9-7-14(18)8-10-15/h7-10,19H,6,11-13H2,1-5H3. The number of halogens is 1. The number of hydrogen-bond acceptors (Lipinski definition) is 3. The first kappa shape index (κ1) is 20.4. The zero-order valence-corrected chi connectivity index (χ0v) is 16.2. The Morgan fingerprint density at radius 3 is 2.17 bits per heavy atom. The highest BCUT2D eigenvalue weighted by Gasteiger charge is 2.25. The lowest BCUT2D eigenvalue weighted by atomic mass is 9.98. The molecule has 6 heteroatoms. The van der Waals surface area contributed by atoms with Gasteiger partial charge in [0.15, 0.2) is 0 Å². The lowest BCUT2D eigenvalue weighted by Gasteiger charge is -2.26. The van der Waals surface area contributed by atoms with Crippen molar-refractivity contribution in [2.45, 2.75) is 57.9 Å². The molecular weight excluding hydrogens is 334 g/mol. The summed E-state index contributed by atoms with van der Waals surface area (Å²) < 4.78 is 33.2. The first-order valence-electron chi connectivity index (χ1n) is 7.79. The van der Waals surface area contributed by atoms with E-state index < -0.39 is 15.6 Å². The van der Waals surface area contributed by atoms with E-state index in [4.69, 9.17) is 16.3 Å². The molecule has 0 saturated carbocycles. The van der Waals surface area contributed by atoms with Crippen molar-refractivity contribution >= 4 is 21.6 Å². The third-order valence-corrected chi connectivity index (χ3v) is 5.13. The SMILES string of the molecule is CC(C)(C)COCCCC(C)(C)NS(=O)(=O)c1ccc(Cl)cc1. The van der Waals surface area contributed by atoms with Crippen molar-refractivity contribution in [2.24, 2.45) is 5.41 Å². The third-order valence-electron chi connectivity index (χ3n) is 3.16. The Morgan fingerprint density at radius 2 is 1.65 bits per heavy atom. The zero-order chi connectivity index (χ0) is 17.7. The average Bonchev–Trinajstić information content (AvgIpc) is 2.36. The maximum absolute atomic E-state index is 12.4. The van der Waals surface area contributed by atoms with Crippen molar-refractivity contribution in [1.29, 1.82) is 0 Å². The second-order valence-corrected chi connectivity index (χ2v) is 9.78. The summed E-state index contributed by atoms with van der Waals surface area (Å²) in [6.07, 6.45) is 1.50. The van der Waals surface area contributed by atoms with E-state index in [1.54, 1.807) is 12.1 Å². The molecule has 0 bridgehead atoms. The van der Waals surface area contributed by atoms with Crippen LogP contribution in [0, 0.1) is 5.41 Å². The number of hydrogen-bond donors (Lipinski definition) is 1.